The molecule has 0 amide bonds. The first-order chi connectivity index (χ1) is 7.29. The number of nitrogens with zero attached hydrogens (tertiary/aromatic N) is 2. The number of hydrogen-bond acceptors (Lipinski definition) is 3. The van der Waals surface area contributed by atoms with Crippen LogP contribution in [0.3, 0.4) is 0 Å². The van der Waals surface area contributed by atoms with E-state index in [1.807, 2.05) is 0 Å². The first-order valence-corrected chi connectivity index (χ1v) is 4.47. The van der Waals surface area contributed by atoms with Crippen LogP contribution in [0.15, 0.2) is 36.4 Å². The van der Waals surface area contributed by atoms with Gasteiger partial charge in [0.2, 0.25) is 0 Å². The summed E-state index contributed by atoms with van der Waals surface area (Å²) in [7, 11) is 0. The van der Waals surface area contributed by atoms with Gasteiger partial charge in [0.1, 0.15) is 5.83 Å². The van der Waals surface area contributed by atoms with Gasteiger partial charge in [0, 0.05) is 12.4 Å². The summed E-state index contributed by atoms with van der Waals surface area (Å²) in [6, 6.07) is 5.21. The second-order valence-electron chi connectivity index (χ2n) is 3.05. The molecule has 0 aliphatic carbocycles. The van der Waals surface area contributed by atoms with Crippen molar-refractivity contribution in [1.82, 2.24) is 9.97 Å². The Hall–Kier alpha value is -1.81. The molecule has 1 aromatic heterocycles. The van der Waals surface area contributed by atoms with Crippen LogP contribution in [-0.2, 0) is 0 Å². The number of rotatable bonds is 2. The molecule has 1 aromatic carbocycles. The van der Waals surface area contributed by atoms with Gasteiger partial charge in [-0.1, -0.05) is 6.07 Å². The predicted octanol–water partition coefficient (Wildman–Crippen LogP) is 1.93. The van der Waals surface area contributed by atoms with Gasteiger partial charge in [-0.15, -0.1) is 0 Å². The van der Waals surface area contributed by atoms with Gasteiger partial charge in [0.05, 0.1) is 17.6 Å². The fourth-order valence-electron chi connectivity index (χ4n) is 1.30. The Kier molecular flexibility index (Phi) is 2.69. The lowest BCUT2D eigenvalue weighted by Crippen LogP contribution is -1.85. The maximum Gasteiger partial charge on any atom is 0.126 e. The van der Waals surface area contributed by atoms with Gasteiger partial charge in [-0.25, -0.2) is 4.39 Å². The topological polar surface area (TPSA) is 46.0 Å². The molecule has 4 heteroatoms. The maximum absolute atomic E-state index is 12.8. The van der Waals surface area contributed by atoms with Crippen molar-refractivity contribution in [3.8, 4) is 0 Å². The first kappa shape index (κ1) is 9.73. The van der Waals surface area contributed by atoms with Crippen molar-refractivity contribution in [3.05, 3.63) is 42.0 Å². The second kappa shape index (κ2) is 4.14. The third-order valence-electron chi connectivity index (χ3n) is 1.97. The van der Waals surface area contributed by atoms with E-state index in [9.17, 15) is 4.39 Å². The fraction of sp³-hybridized carbons (Fsp3) is 0.0909. The van der Waals surface area contributed by atoms with Crippen LogP contribution in [0, 0.1) is 0 Å². The fourth-order valence-corrected chi connectivity index (χ4v) is 1.30. The van der Waals surface area contributed by atoms with Gasteiger partial charge in [-0.2, -0.15) is 0 Å². The van der Waals surface area contributed by atoms with Crippen LogP contribution in [0.1, 0.15) is 5.56 Å². The molecule has 2 aromatic rings. The molecule has 0 aliphatic heterocycles. The summed E-state index contributed by atoms with van der Waals surface area (Å²) in [6.45, 7) is -0.585. The van der Waals surface area contributed by atoms with E-state index in [1.165, 1.54) is 6.08 Å². The van der Waals surface area contributed by atoms with E-state index < -0.39 is 12.4 Å². The third-order valence-corrected chi connectivity index (χ3v) is 1.97. The van der Waals surface area contributed by atoms with E-state index in [4.69, 9.17) is 5.11 Å². The van der Waals surface area contributed by atoms with Crippen molar-refractivity contribution in [1.29, 1.82) is 0 Å². The highest BCUT2D eigenvalue weighted by Gasteiger charge is 1.97. The molecule has 1 N–H and O–H groups in total. The van der Waals surface area contributed by atoms with Crippen molar-refractivity contribution >= 4 is 17.1 Å². The van der Waals surface area contributed by atoms with Gasteiger partial charge in [0.25, 0.3) is 0 Å². The maximum atomic E-state index is 12.8. The van der Waals surface area contributed by atoms with Crippen LogP contribution >= 0.6 is 0 Å². The molecule has 0 aliphatic rings. The molecular weight excluding hydrogens is 195 g/mol. The van der Waals surface area contributed by atoms with Crippen LogP contribution in [0.5, 0.6) is 0 Å². The minimum absolute atomic E-state index is 0.571. The largest absolute Gasteiger partial charge is 0.389 e. The summed E-state index contributed by atoms with van der Waals surface area (Å²) in [5, 5.41) is 8.54. The Bertz CT molecular complexity index is 511. The van der Waals surface area contributed by atoms with Crippen molar-refractivity contribution in [2.75, 3.05) is 6.61 Å². The number of aliphatic hydroxyl groups is 1. The van der Waals surface area contributed by atoms with Crippen molar-refractivity contribution < 1.29 is 9.50 Å². The summed E-state index contributed by atoms with van der Waals surface area (Å²) >= 11 is 0. The summed E-state index contributed by atoms with van der Waals surface area (Å²) < 4.78 is 12.8. The van der Waals surface area contributed by atoms with Gasteiger partial charge in [0.15, 0.2) is 0 Å². The van der Waals surface area contributed by atoms with E-state index in [0.29, 0.717) is 11.1 Å². The Morgan fingerprint density at radius 3 is 2.73 bits per heavy atom. The van der Waals surface area contributed by atoms with Crippen LogP contribution < -0.4 is 0 Å². The minimum atomic E-state index is -0.585. The van der Waals surface area contributed by atoms with E-state index in [-0.39, 0.29) is 0 Å². The number of fused-ring (bicyclic) bond motifs is 1. The highest BCUT2D eigenvalue weighted by Crippen LogP contribution is 2.13. The highest BCUT2D eigenvalue weighted by atomic mass is 19.1. The number of halogens is 1. The zero-order valence-electron chi connectivity index (χ0n) is 7.89. The lowest BCUT2D eigenvalue weighted by Gasteiger charge is -1.97. The molecule has 3 nitrogen and oxygen atoms in total. The van der Waals surface area contributed by atoms with Crippen molar-refractivity contribution in [3.63, 3.8) is 0 Å². The molecule has 2 rings (SSSR count). The van der Waals surface area contributed by atoms with Crippen LogP contribution in [0.2, 0.25) is 0 Å². The monoisotopic (exact) mass is 204 g/mol. The molecule has 0 radical (unpaired) electrons. The zero-order valence-corrected chi connectivity index (χ0v) is 7.89. The molecule has 0 unspecified atom stereocenters. The van der Waals surface area contributed by atoms with E-state index in [1.54, 1.807) is 30.6 Å². The molecular formula is C11H9FN2O. The predicted molar refractivity (Wildman–Crippen MR) is 55.7 cm³/mol. The highest BCUT2D eigenvalue weighted by molar-refractivity contribution is 5.77. The molecule has 15 heavy (non-hydrogen) atoms. The Balaban J connectivity index is 2.47. The molecule has 0 saturated heterocycles. The molecule has 76 valence electrons. The summed E-state index contributed by atoms with van der Waals surface area (Å²) in [5.41, 5.74) is 2.13. The van der Waals surface area contributed by atoms with E-state index >= 15 is 0 Å². The van der Waals surface area contributed by atoms with Gasteiger partial charge < -0.3 is 5.11 Å². The van der Waals surface area contributed by atoms with Crippen molar-refractivity contribution in [2.24, 2.45) is 0 Å². The Morgan fingerprint density at radius 2 is 2.00 bits per heavy atom. The average Bonchev–Trinajstić information content (AvgIpc) is 2.29. The third kappa shape index (κ3) is 2.16. The van der Waals surface area contributed by atoms with E-state index in [0.717, 1.165) is 5.52 Å². The Morgan fingerprint density at radius 1 is 1.27 bits per heavy atom. The minimum Gasteiger partial charge on any atom is -0.389 e. The van der Waals surface area contributed by atoms with Crippen molar-refractivity contribution in [2.45, 2.75) is 0 Å². The number of aliphatic hydroxyl groups excluding tert-OH is 1. The van der Waals surface area contributed by atoms with Crippen LogP contribution in [-0.4, -0.2) is 21.7 Å². The lowest BCUT2D eigenvalue weighted by atomic mass is 10.2. The second-order valence-corrected chi connectivity index (χ2v) is 3.05. The molecule has 0 fully saturated rings. The van der Waals surface area contributed by atoms with Crippen LogP contribution in [0.4, 0.5) is 4.39 Å². The number of aromatic nitrogens is 2. The zero-order chi connectivity index (χ0) is 10.7. The molecule has 0 atom stereocenters. The molecule has 1 heterocycles. The first-order valence-electron chi connectivity index (χ1n) is 4.47. The lowest BCUT2D eigenvalue weighted by molar-refractivity contribution is 0.300. The average molecular weight is 204 g/mol. The van der Waals surface area contributed by atoms with Gasteiger partial charge in [-0.3, -0.25) is 9.97 Å². The number of benzene rings is 1. The molecule has 0 bridgehead atoms. The smallest absolute Gasteiger partial charge is 0.126 e. The van der Waals surface area contributed by atoms with Gasteiger partial charge in [-0.05, 0) is 23.8 Å². The summed E-state index contributed by atoms with van der Waals surface area (Å²) in [4.78, 5) is 8.19. The summed E-state index contributed by atoms with van der Waals surface area (Å²) in [6.07, 6.45) is 4.46. The molecule has 0 saturated carbocycles. The van der Waals surface area contributed by atoms with Gasteiger partial charge >= 0.3 is 0 Å². The SMILES string of the molecule is OC/C(F)=C\c1ccc2nccnc2c1. The van der Waals surface area contributed by atoms with E-state index in [2.05, 4.69) is 9.97 Å². The summed E-state index contributed by atoms with van der Waals surface area (Å²) in [5.74, 6) is -0.571. The number of hydrogen-bond donors (Lipinski definition) is 1. The normalized spacial score (nSPS) is 12.0. The molecule has 0 spiro atoms. The quantitative estimate of drug-likeness (QED) is 0.813. The Labute approximate surface area is 85.9 Å². The van der Waals surface area contributed by atoms with Crippen LogP contribution in [0.25, 0.3) is 17.1 Å². The standard InChI is InChI=1S/C11H9FN2O/c12-9(7-15)5-8-1-2-10-11(6-8)14-4-3-13-10/h1-6,15H,7H2/b9-5+.